The summed E-state index contributed by atoms with van der Waals surface area (Å²) in [6.45, 7) is 2.20. The molecule has 1 aromatic rings. The van der Waals surface area contributed by atoms with Crippen LogP contribution in [0.15, 0.2) is 17.2 Å². The first kappa shape index (κ1) is 11.5. The van der Waals surface area contributed by atoms with Crippen molar-refractivity contribution in [3.63, 3.8) is 0 Å². The largest absolute Gasteiger partial charge is 0.381 e. The summed E-state index contributed by atoms with van der Waals surface area (Å²) in [4.78, 5) is 11.1. The molecule has 1 aromatic heterocycles. The Morgan fingerprint density at radius 3 is 2.88 bits per heavy atom. The van der Waals surface area contributed by atoms with E-state index in [2.05, 4.69) is 12.6 Å². The molecule has 0 aromatic carbocycles. The highest BCUT2D eigenvalue weighted by Gasteiger charge is 2.21. The van der Waals surface area contributed by atoms with Crippen molar-refractivity contribution < 1.29 is 9.66 Å². The first-order valence-electron chi connectivity index (χ1n) is 5.28. The van der Waals surface area contributed by atoms with E-state index in [-0.39, 0.29) is 10.7 Å². The molecule has 0 radical (unpaired) electrons. The number of thiol groups is 1. The zero-order valence-corrected chi connectivity index (χ0v) is 9.73. The minimum Gasteiger partial charge on any atom is -0.381 e. The lowest BCUT2D eigenvalue weighted by Gasteiger charge is -2.20. The quantitative estimate of drug-likeness (QED) is 0.501. The Labute approximate surface area is 99.0 Å². The first-order chi connectivity index (χ1) is 7.66. The molecule has 1 aliphatic rings. The monoisotopic (exact) mass is 242 g/mol. The van der Waals surface area contributed by atoms with Gasteiger partial charge in [-0.3, -0.25) is 0 Å². The summed E-state index contributed by atoms with van der Waals surface area (Å²) >= 11 is 4.14. The molecule has 0 atom stereocenters. The molecule has 0 spiro atoms. The summed E-state index contributed by atoms with van der Waals surface area (Å²) in [5, 5.41) is 10.8. The number of hydrogen-bond acceptors (Lipinski definition) is 4. The Kier molecular flexibility index (Phi) is 3.50. The van der Waals surface area contributed by atoms with Crippen LogP contribution in [0.5, 0.6) is 0 Å². The Morgan fingerprint density at radius 1 is 1.56 bits per heavy atom. The standard InChI is InChI=1S/C10H14N2O3S/c13-12(14)10-5-9(16)7-11(10)6-8-1-3-15-4-2-8/h5,7-8,16H,1-4,6H2. The molecule has 2 heterocycles. The minimum absolute atomic E-state index is 0.122. The van der Waals surface area contributed by atoms with Gasteiger partial charge in [-0.25, -0.2) is 4.57 Å². The predicted molar refractivity (Wildman–Crippen MR) is 61.9 cm³/mol. The van der Waals surface area contributed by atoms with Gasteiger partial charge in [0.25, 0.3) is 0 Å². The molecule has 0 N–H and O–H groups in total. The first-order valence-corrected chi connectivity index (χ1v) is 5.73. The number of rotatable bonds is 3. The third-order valence-corrected chi connectivity index (χ3v) is 3.09. The number of aromatic nitrogens is 1. The van der Waals surface area contributed by atoms with Crippen LogP contribution in [-0.2, 0) is 11.3 Å². The topological polar surface area (TPSA) is 57.3 Å². The van der Waals surface area contributed by atoms with Crippen molar-refractivity contribution in [1.29, 1.82) is 0 Å². The summed E-state index contributed by atoms with van der Waals surface area (Å²) in [5.41, 5.74) is 0. The molecule has 0 aliphatic carbocycles. The summed E-state index contributed by atoms with van der Waals surface area (Å²) < 4.78 is 6.94. The van der Waals surface area contributed by atoms with Gasteiger partial charge in [-0.15, -0.1) is 12.6 Å². The van der Waals surface area contributed by atoms with Crippen LogP contribution >= 0.6 is 12.6 Å². The fourth-order valence-electron chi connectivity index (χ4n) is 1.99. The van der Waals surface area contributed by atoms with Gasteiger partial charge in [0.1, 0.15) is 6.20 Å². The molecule has 1 aliphatic heterocycles. The van der Waals surface area contributed by atoms with Crippen molar-refractivity contribution >= 4 is 18.4 Å². The molecule has 0 saturated carbocycles. The Bertz CT molecular complexity index is 385. The van der Waals surface area contributed by atoms with Crippen molar-refractivity contribution in [2.24, 2.45) is 5.92 Å². The van der Waals surface area contributed by atoms with Crippen molar-refractivity contribution in [3.05, 3.63) is 22.4 Å². The SMILES string of the molecule is O=[N+]([O-])c1cc(S)cn1CC1CCOCC1. The van der Waals surface area contributed by atoms with Gasteiger partial charge in [0.15, 0.2) is 0 Å². The van der Waals surface area contributed by atoms with Crippen molar-refractivity contribution in [1.82, 2.24) is 4.57 Å². The van der Waals surface area contributed by atoms with Gasteiger partial charge in [-0.05, 0) is 17.8 Å². The van der Waals surface area contributed by atoms with Gasteiger partial charge in [0.2, 0.25) is 0 Å². The maximum Gasteiger partial charge on any atom is 0.324 e. The molecule has 0 amide bonds. The second-order valence-corrected chi connectivity index (χ2v) is 4.54. The number of nitrogens with zero attached hydrogens (tertiary/aromatic N) is 2. The summed E-state index contributed by atoms with van der Waals surface area (Å²) in [6.07, 6.45) is 3.66. The minimum atomic E-state index is -0.362. The van der Waals surface area contributed by atoms with Crippen molar-refractivity contribution in [2.45, 2.75) is 24.3 Å². The fraction of sp³-hybridized carbons (Fsp3) is 0.600. The Hall–Kier alpha value is -1.01. The lowest BCUT2D eigenvalue weighted by atomic mass is 10.0. The smallest absolute Gasteiger partial charge is 0.324 e. The number of ether oxygens (including phenoxy) is 1. The molecule has 2 rings (SSSR count). The molecule has 16 heavy (non-hydrogen) atoms. The summed E-state index contributed by atoms with van der Waals surface area (Å²) in [5.74, 6) is 0.587. The van der Waals surface area contributed by atoms with E-state index in [1.807, 2.05) is 0 Å². The molecule has 0 unspecified atom stereocenters. The van der Waals surface area contributed by atoms with Crippen LogP contribution in [0.1, 0.15) is 12.8 Å². The van der Waals surface area contributed by atoms with Gasteiger partial charge in [0, 0.05) is 25.2 Å². The Balaban J connectivity index is 2.10. The zero-order valence-electron chi connectivity index (χ0n) is 8.83. The zero-order chi connectivity index (χ0) is 11.5. The van der Waals surface area contributed by atoms with Crippen molar-refractivity contribution in [3.8, 4) is 0 Å². The lowest BCUT2D eigenvalue weighted by molar-refractivity contribution is -0.392. The lowest BCUT2D eigenvalue weighted by Crippen LogP contribution is -2.20. The number of hydrogen-bond donors (Lipinski definition) is 1. The highest BCUT2D eigenvalue weighted by atomic mass is 32.1. The number of nitro groups is 1. The van der Waals surface area contributed by atoms with E-state index in [1.54, 1.807) is 10.8 Å². The highest BCUT2D eigenvalue weighted by molar-refractivity contribution is 7.80. The van der Waals surface area contributed by atoms with Crippen molar-refractivity contribution in [2.75, 3.05) is 13.2 Å². The van der Waals surface area contributed by atoms with Gasteiger partial charge < -0.3 is 14.9 Å². The van der Waals surface area contributed by atoms with Crippen LogP contribution in [0, 0.1) is 16.0 Å². The maximum absolute atomic E-state index is 10.8. The highest BCUT2D eigenvalue weighted by Crippen LogP contribution is 2.24. The van der Waals surface area contributed by atoms with E-state index >= 15 is 0 Å². The molecule has 1 fully saturated rings. The molecule has 88 valence electrons. The third kappa shape index (κ3) is 2.56. The van der Waals surface area contributed by atoms with Gasteiger partial charge in [-0.1, -0.05) is 0 Å². The van der Waals surface area contributed by atoms with Crippen LogP contribution in [-0.4, -0.2) is 22.7 Å². The normalized spacial score (nSPS) is 17.6. The van der Waals surface area contributed by atoms with Gasteiger partial charge >= 0.3 is 5.82 Å². The Morgan fingerprint density at radius 2 is 2.25 bits per heavy atom. The maximum atomic E-state index is 10.8. The molecular weight excluding hydrogens is 228 g/mol. The van der Waals surface area contributed by atoms with E-state index in [1.165, 1.54) is 6.07 Å². The van der Waals surface area contributed by atoms with Crippen LogP contribution < -0.4 is 0 Å². The van der Waals surface area contributed by atoms with E-state index in [9.17, 15) is 10.1 Å². The average molecular weight is 242 g/mol. The predicted octanol–water partition coefficient (Wildman–Crippen LogP) is 2.11. The van der Waals surface area contributed by atoms with E-state index < -0.39 is 0 Å². The van der Waals surface area contributed by atoms with Gasteiger partial charge in [0.05, 0.1) is 11.4 Å². The molecule has 0 bridgehead atoms. The van der Waals surface area contributed by atoms with Crippen LogP contribution in [0.3, 0.4) is 0 Å². The summed E-state index contributed by atoms with van der Waals surface area (Å²) in [6, 6.07) is 1.49. The fourth-order valence-corrected chi connectivity index (χ4v) is 2.24. The molecule has 1 saturated heterocycles. The molecular formula is C10H14N2O3S. The van der Waals surface area contributed by atoms with E-state index in [4.69, 9.17) is 4.74 Å². The van der Waals surface area contributed by atoms with E-state index in [0.29, 0.717) is 17.4 Å². The van der Waals surface area contributed by atoms with E-state index in [0.717, 1.165) is 26.1 Å². The molecule has 5 nitrogen and oxygen atoms in total. The third-order valence-electron chi connectivity index (χ3n) is 2.84. The second-order valence-electron chi connectivity index (χ2n) is 4.02. The van der Waals surface area contributed by atoms with Crippen LogP contribution in [0.2, 0.25) is 0 Å². The summed E-state index contributed by atoms with van der Waals surface area (Å²) in [7, 11) is 0. The van der Waals surface area contributed by atoms with Gasteiger partial charge in [-0.2, -0.15) is 0 Å². The van der Waals surface area contributed by atoms with Crippen LogP contribution in [0.4, 0.5) is 5.82 Å². The molecule has 6 heteroatoms. The van der Waals surface area contributed by atoms with Crippen LogP contribution in [0.25, 0.3) is 0 Å². The second kappa shape index (κ2) is 4.88. The average Bonchev–Trinajstić information content (AvgIpc) is 2.61.